The number of carboxylic acids is 1. The van der Waals surface area contributed by atoms with Crippen molar-refractivity contribution >= 4 is 5.97 Å². The van der Waals surface area contributed by atoms with Crippen molar-refractivity contribution in [1.82, 2.24) is 15.5 Å². The fourth-order valence-corrected chi connectivity index (χ4v) is 1.70. The van der Waals surface area contributed by atoms with Crippen LogP contribution in [-0.2, 0) is 17.8 Å². The Morgan fingerprint density at radius 1 is 1.42 bits per heavy atom. The van der Waals surface area contributed by atoms with E-state index in [4.69, 9.17) is 9.63 Å². The molecule has 0 saturated heterocycles. The predicted molar refractivity (Wildman–Crippen MR) is 70.7 cm³/mol. The number of nitrogens with zero attached hydrogens (tertiary/aromatic N) is 2. The van der Waals surface area contributed by atoms with Crippen molar-refractivity contribution in [3.8, 4) is 0 Å². The molecule has 0 saturated carbocycles. The molecule has 0 aliphatic rings. The quantitative estimate of drug-likeness (QED) is 0.667. The Labute approximate surface area is 113 Å². The van der Waals surface area contributed by atoms with Gasteiger partial charge in [0.1, 0.15) is 0 Å². The molecule has 0 spiro atoms. The van der Waals surface area contributed by atoms with Gasteiger partial charge < -0.3 is 14.9 Å². The lowest BCUT2D eigenvalue weighted by molar-refractivity contribution is -0.137. The fraction of sp³-hybridized carbons (Fsp3) is 0.769. The molecule has 0 aliphatic carbocycles. The number of aryl methyl sites for hydroxylation is 1. The molecule has 1 aromatic heterocycles. The Morgan fingerprint density at radius 2 is 2.16 bits per heavy atom. The van der Waals surface area contributed by atoms with Crippen molar-refractivity contribution < 1.29 is 14.4 Å². The van der Waals surface area contributed by atoms with Gasteiger partial charge in [-0.25, -0.2) is 0 Å². The van der Waals surface area contributed by atoms with Crippen molar-refractivity contribution in [3.05, 3.63) is 11.7 Å². The zero-order valence-electron chi connectivity index (χ0n) is 11.9. The van der Waals surface area contributed by atoms with Gasteiger partial charge in [0.05, 0.1) is 6.54 Å². The second-order valence-corrected chi connectivity index (χ2v) is 5.44. The molecular weight excluding hydrogens is 246 g/mol. The van der Waals surface area contributed by atoms with Gasteiger partial charge in [0.25, 0.3) is 0 Å². The fourth-order valence-electron chi connectivity index (χ4n) is 1.70. The molecule has 0 aromatic carbocycles. The maximum Gasteiger partial charge on any atom is 0.303 e. The number of nitrogens with one attached hydrogen (secondary N) is 1. The maximum atomic E-state index is 10.5. The number of carboxylic acid groups (broad SMARTS) is 1. The van der Waals surface area contributed by atoms with E-state index in [2.05, 4.69) is 29.3 Å². The van der Waals surface area contributed by atoms with Crippen LogP contribution in [0.4, 0.5) is 0 Å². The van der Waals surface area contributed by atoms with Crippen molar-refractivity contribution in [2.75, 3.05) is 6.54 Å². The minimum atomic E-state index is -0.737. The van der Waals surface area contributed by atoms with E-state index in [1.54, 1.807) is 0 Å². The smallest absolute Gasteiger partial charge is 0.303 e. The molecule has 2 N–H and O–H groups in total. The first-order valence-electron chi connectivity index (χ1n) is 6.67. The summed E-state index contributed by atoms with van der Waals surface area (Å²) >= 11 is 0. The van der Waals surface area contributed by atoms with Gasteiger partial charge in [-0.05, 0) is 24.8 Å². The molecule has 0 bridgehead atoms. The van der Waals surface area contributed by atoms with Gasteiger partial charge in [-0.2, -0.15) is 4.98 Å². The topological polar surface area (TPSA) is 88.2 Å². The van der Waals surface area contributed by atoms with E-state index in [1.165, 1.54) is 0 Å². The molecule has 0 unspecified atom stereocenters. The molecule has 1 aromatic rings. The van der Waals surface area contributed by atoms with Crippen LogP contribution in [-0.4, -0.2) is 27.8 Å². The molecule has 19 heavy (non-hydrogen) atoms. The van der Waals surface area contributed by atoms with Crippen molar-refractivity contribution in [2.24, 2.45) is 5.41 Å². The van der Waals surface area contributed by atoms with Crippen LogP contribution in [0.3, 0.4) is 0 Å². The molecule has 0 atom stereocenters. The molecule has 0 radical (unpaired) electrons. The third-order valence-corrected chi connectivity index (χ3v) is 3.10. The van der Waals surface area contributed by atoms with Gasteiger partial charge in [-0.1, -0.05) is 25.9 Å². The van der Waals surface area contributed by atoms with Crippen LogP contribution in [0.5, 0.6) is 0 Å². The minimum Gasteiger partial charge on any atom is -0.481 e. The molecular formula is C13H23N3O3. The highest BCUT2D eigenvalue weighted by molar-refractivity contribution is 5.66. The normalized spacial score (nSPS) is 11.7. The van der Waals surface area contributed by atoms with E-state index in [0.29, 0.717) is 18.9 Å². The summed E-state index contributed by atoms with van der Waals surface area (Å²) in [6.45, 7) is 7.50. The Hall–Kier alpha value is -1.43. The summed E-state index contributed by atoms with van der Waals surface area (Å²) in [6.07, 6.45) is 2.59. The molecule has 6 nitrogen and oxygen atoms in total. The van der Waals surface area contributed by atoms with Gasteiger partial charge in [-0.3, -0.25) is 4.79 Å². The number of hydrogen-bond acceptors (Lipinski definition) is 5. The molecule has 6 heteroatoms. The first-order chi connectivity index (χ1) is 8.93. The molecule has 0 amide bonds. The van der Waals surface area contributed by atoms with E-state index < -0.39 is 5.97 Å². The predicted octanol–water partition coefficient (Wildman–Crippen LogP) is 2.00. The monoisotopic (exact) mass is 269 g/mol. The molecule has 0 fully saturated rings. The lowest BCUT2D eigenvalue weighted by Crippen LogP contribution is -2.23. The first kappa shape index (κ1) is 15.6. The Balaban J connectivity index is 2.20. The number of aromatic nitrogens is 2. The van der Waals surface area contributed by atoms with E-state index in [0.717, 1.165) is 25.2 Å². The SMILES string of the molecule is CCc1noc(CNCCC(C)(C)CCC(=O)O)n1. The largest absolute Gasteiger partial charge is 0.481 e. The number of carbonyl (C=O) groups is 1. The second kappa shape index (κ2) is 7.23. The summed E-state index contributed by atoms with van der Waals surface area (Å²) in [7, 11) is 0. The number of rotatable bonds is 9. The van der Waals surface area contributed by atoms with Crippen LogP contribution in [0.2, 0.25) is 0 Å². The standard InChI is InChI=1S/C13H23N3O3/c1-4-10-15-11(19-16-10)9-14-8-7-13(2,3)6-5-12(17)18/h14H,4-9H2,1-3H3,(H,17,18). The average molecular weight is 269 g/mol. The van der Waals surface area contributed by atoms with Gasteiger partial charge in [0, 0.05) is 12.8 Å². The molecule has 108 valence electrons. The van der Waals surface area contributed by atoms with Gasteiger partial charge in [0.2, 0.25) is 5.89 Å². The van der Waals surface area contributed by atoms with Crippen LogP contribution < -0.4 is 5.32 Å². The second-order valence-electron chi connectivity index (χ2n) is 5.44. The highest BCUT2D eigenvalue weighted by Gasteiger charge is 2.18. The molecule has 1 rings (SSSR count). The van der Waals surface area contributed by atoms with E-state index in [9.17, 15) is 4.79 Å². The number of aliphatic carboxylic acids is 1. The first-order valence-corrected chi connectivity index (χ1v) is 6.67. The third kappa shape index (κ3) is 6.33. The summed E-state index contributed by atoms with van der Waals surface area (Å²) in [5.74, 6) is 0.581. The Kier molecular flexibility index (Phi) is 5.95. The zero-order chi connectivity index (χ0) is 14.3. The van der Waals surface area contributed by atoms with Crippen molar-refractivity contribution in [1.29, 1.82) is 0 Å². The summed E-state index contributed by atoms with van der Waals surface area (Å²) in [4.78, 5) is 14.8. The van der Waals surface area contributed by atoms with Gasteiger partial charge in [-0.15, -0.1) is 0 Å². The zero-order valence-corrected chi connectivity index (χ0v) is 11.9. The third-order valence-electron chi connectivity index (χ3n) is 3.10. The summed E-state index contributed by atoms with van der Waals surface area (Å²) < 4.78 is 5.07. The highest BCUT2D eigenvalue weighted by atomic mass is 16.5. The molecule has 0 aliphatic heterocycles. The average Bonchev–Trinajstić information content (AvgIpc) is 2.80. The molecule has 1 heterocycles. The van der Waals surface area contributed by atoms with Gasteiger partial charge in [0.15, 0.2) is 5.82 Å². The lowest BCUT2D eigenvalue weighted by Gasteiger charge is -2.23. The summed E-state index contributed by atoms with van der Waals surface area (Å²) in [6, 6.07) is 0. The summed E-state index contributed by atoms with van der Waals surface area (Å²) in [5, 5.41) is 15.7. The van der Waals surface area contributed by atoms with E-state index in [-0.39, 0.29) is 11.8 Å². The highest BCUT2D eigenvalue weighted by Crippen LogP contribution is 2.25. The maximum absolute atomic E-state index is 10.5. The minimum absolute atomic E-state index is 0.0226. The summed E-state index contributed by atoms with van der Waals surface area (Å²) in [5.41, 5.74) is 0.0226. The van der Waals surface area contributed by atoms with Crippen LogP contribution in [0.15, 0.2) is 4.52 Å². The Bertz CT molecular complexity index is 402. The lowest BCUT2D eigenvalue weighted by atomic mass is 9.84. The van der Waals surface area contributed by atoms with E-state index >= 15 is 0 Å². The van der Waals surface area contributed by atoms with Crippen molar-refractivity contribution in [2.45, 2.75) is 53.0 Å². The van der Waals surface area contributed by atoms with Crippen LogP contribution >= 0.6 is 0 Å². The van der Waals surface area contributed by atoms with E-state index in [1.807, 2.05) is 6.92 Å². The van der Waals surface area contributed by atoms with Crippen LogP contribution in [0, 0.1) is 5.41 Å². The Morgan fingerprint density at radius 3 is 2.74 bits per heavy atom. The number of hydrogen-bond donors (Lipinski definition) is 2. The van der Waals surface area contributed by atoms with Crippen LogP contribution in [0.25, 0.3) is 0 Å². The van der Waals surface area contributed by atoms with Gasteiger partial charge >= 0.3 is 5.97 Å². The van der Waals surface area contributed by atoms with Crippen molar-refractivity contribution in [3.63, 3.8) is 0 Å². The van der Waals surface area contributed by atoms with Crippen LogP contribution in [0.1, 0.15) is 51.7 Å².